The smallest absolute Gasteiger partial charge is 0.0960 e. The number of para-hydroxylation sites is 2. The molecule has 2 nitrogen and oxygen atoms in total. The molecule has 0 saturated heterocycles. The van der Waals surface area contributed by atoms with Crippen LogP contribution in [0, 0.1) is 0 Å². The van der Waals surface area contributed by atoms with Crippen molar-refractivity contribution >= 4 is 33.6 Å². The van der Waals surface area contributed by atoms with Gasteiger partial charge in [0.05, 0.1) is 18.6 Å². The molecule has 35 heavy (non-hydrogen) atoms. The van der Waals surface area contributed by atoms with Crippen LogP contribution in [0.1, 0.15) is 107 Å². The van der Waals surface area contributed by atoms with Crippen LogP contribution < -0.4 is 4.90 Å². The summed E-state index contributed by atoms with van der Waals surface area (Å²) in [6, 6.07) is 21.9. The van der Waals surface area contributed by atoms with Crippen LogP contribution in [-0.4, -0.2) is 6.34 Å². The third-order valence-corrected chi connectivity index (χ3v) is 7.37. The Hall–Kier alpha value is -2.39. The number of benzene rings is 3. The van der Waals surface area contributed by atoms with Gasteiger partial charge in [0.25, 0.3) is 0 Å². The molecule has 0 fully saturated rings. The number of nitrogens with zero attached hydrogens (tertiary/aromatic N) is 2. The quantitative estimate of drug-likeness (QED) is 0.197. The van der Waals surface area contributed by atoms with Crippen molar-refractivity contribution in [2.24, 2.45) is 4.99 Å². The number of anilines is 1. The molecule has 0 aliphatic carbocycles. The lowest BCUT2D eigenvalue weighted by Crippen LogP contribution is -2.24. The maximum absolute atomic E-state index is 5.24. The predicted molar refractivity (Wildman–Crippen MR) is 158 cm³/mol. The predicted octanol–water partition coefficient (Wildman–Crippen LogP) is 10.3. The van der Waals surface area contributed by atoms with Crippen molar-refractivity contribution in [3.63, 3.8) is 0 Å². The Bertz CT molecular complexity index is 1110. The van der Waals surface area contributed by atoms with Crippen LogP contribution in [0.4, 0.5) is 11.4 Å². The summed E-state index contributed by atoms with van der Waals surface area (Å²) < 4.78 is 1.12. The van der Waals surface area contributed by atoms with Crippen LogP contribution in [0.5, 0.6) is 0 Å². The van der Waals surface area contributed by atoms with Gasteiger partial charge in [-0.1, -0.05) is 126 Å². The van der Waals surface area contributed by atoms with Gasteiger partial charge in [-0.05, 0) is 57.6 Å². The first kappa shape index (κ1) is 27.2. The minimum absolute atomic E-state index is 0.409. The van der Waals surface area contributed by atoms with Crippen molar-refractivity contribution in [2.75, 3.05) is 4.90 Å². The van der Waals surface area contributed by atoms with Gasteiger partial charge < -0.3 is 4.90 Å². The SMILES string of the molecule is CC(C)c1cccc(C(C)C)c1/N=C/N(Cc1ccccc1Br)c1c(C(C)C)cccc1C(C)C. The van der Waals surface area contributed by atoms with Crippen LogP contribution in [0.2, 0.25) is 0 Å². The molecular formula is C32H41BrN2. The molecule has 3 heteroatoms. The first-order chi connectivity index (χ1) is 16.6. The molecule has 0 heterocycles. The van der Waals surface area contributed by atoms with E-state index in [4.69, 9.17) is 4.99 Å². The zero-order chi connectivity index (χ0) is 25.7. The highest BCUT2D eigenvalue weighted by atomic mass is 79.9. The van der Waals surface area contributed by atoms with E-state index >= 15 is 0 Å². The fourth-order valence-corrected chi connectivity index (χ4v) is 5.03. The average Bonchev–Trinajstić information content (AvgIpc) is 2.81. The fraction of sp³-hybridized carbons (Fsp3) is 0.406. The average molecular weight is 534 g/mol. The number of hydrogen-bond acceptors (Lipinski definition) is 1. The third-order valence-electron chi connectivity index (χ3n) is 6.60. The molecule has 0 aromatic heterocycles. The van der Waals surface area contributed by atoms with E-state index in [1.54, 1.807) is 0 Å². The summed E-state index contributed by atoms with van der Waals surface area (Å²) in [5, 5.41) is 0. The Labute approximate surface area is 221 Å². The molecule has 3 rings (SSSR count). The largest absolute Gasteiger partial charge is 0.327 e. The molecule has 0 saturated carbocycles. The van der Waals surface area contributed by atoms with Gasteiger partial charge in [0.2, 0.25) is 0 Å². The van der Waals surface area contributed by atoms with Crippen molar-refractivity contribution < 1.29 is 0 Å². The second-order valence-corrected chi connectivity index (χ2v) is 11.5. The molecule has 0 aliphatic rings. The summed E-state index contributed by atoms with van der Waals surface area (Å²) in [4.78, 5) is 7.60. The van der Waals surface area contributed by atoms with Gasteiger partial charge in [0.15, 0.2) is 0 Å². The van der Waals surface area contributed by atoms with Gasteiger partial charge in [0, 0.05) is 10.2 Å². The zero-order valence-corrected chi connectivity index (χ0v) is 24.2. The van der Waals surface area contributed by atoms with E-state index in [-0.39, 0.29) is 0 Å². The summed E-state index contributed by atoms with van der Waals surface area (Å²) in [5.74, 6) is 1.64. The molecule has 3 aromatic carbocycles. The number of aliphatic imine (C=N–C) groups is 1. The second-order valence-electron chi connectivity index (χ2n) is 10.7. The summed E-state index contributed by atoms with van der Waals surface area (Å²) in [6.07, 6.45) is 2.08. The molecule has 0 N–H and O–H groups in total. The Morgan fingerprint density at radius 2 is 1.11 bits per heavy atom. The van der Waals surface area contributed by atoms with Crippen molar-refractivity contribution in [3.8, 4) is 0 Å². The second kappa shape index (κ2) is 12.0. The van der Waals surface area contributed by atoms with Crippen LogP contribution in [-0.2, 0) is 6.54 Å². The molecular weight excluding hydrogens is 492 g/mol. The molecule has 0 aliphatic heterocycles. The van der Waals surface area contributed by atoms with Crippen molar-refractivity contribution in [1.82, 2.24) is 0 Å². The Morgan fingerprint density at radius 1 is 0.657 bits per heavy atom. The Balaban J connectivity index is 2.24. The lowest BCUT2D eigenvalue weighted by Gasteiger charge is -2.29. The maximum Gasteiger partial charge on any atom is 0.0960 e. The molecule has 0 bridgehead atoms. The van der Waals surface area contributed by atoms with E-state index in [1.807, 2.05) is 0 Å². The van der Waals surface area contributed by atoms with E-state index in [1.165, 1.54) is 33.5 Å². The topological polar surface area (TPSA) is 15.6 Å². The van der Waals surface area contributed by atoms with Gasteiger partial charge in [0.1, 0.15) is 0 Å². The Kier molecular flexibility index (Phi) is 9.35. The van der Waals surface area contributed by atoms with E-state index in [2.05, 4.69) is 143 Å². The van der Waals surface area contributed by atoms with Crippen LogP contribution in [0.3, 0.4) is 0 Å². The molecule has 0 atom stereocenters. The molecule has 0 radical (unpaired) electrons. The Morgan fingerprint density at radius 3 is 1.57 bits per heavy atom. The normalized spacial score (nSPS) is 12.0. The summed E-state index contributed by atoms with van der Waals surface area (Å²) in [6.45, 7) is 18.9. The van der Waals surface area contributed by atoms with Gasteiger partial charge in [-0.2, -0.15) is 0 Å². The van der Waals surface area contributed by atoms with Gasteiger partial charge in [-0.15, -0.1) is 0 Å². The van der Waals surface area contributed by atoms with Crippen LogP contribution >= 0.6 is 15.9 Å². The van der Waals surface area contributed by atoms with Gasteiger partial charge in [-0.25, -0.2) is 4.99 Å². The molecule has 3 aromatic rings. The van der Waals surface area contributed by atoms with Crippen molar-refractivity contribution in [2.45, 2.75) is 85.6 Å². The van der Waals surface area contributed by atoms with Crippen molar-refractivity contribution in [3.05, 3.63) is 93.0 Å². The van der Waals surface area contributed by atoms with E-state index in [0.717, 1.165) is 16.7 Å². The lowest BCUT2D eigenvalue weighted by atomic mass is 9.91. The first-order valence-electron chi connectivity index (χ1n) is 12.9. The molecule has 0 amide bonds. The minimum atomic E-state index is 0.409. The summed E-state index contributed by atoms with van der Waals surface area (Å²) in [5.41, 5.74) is 8.96. The first-order valence-corrected chi connectivity index (χ1v) is 13.7. The third kappa shape index (κ3) is 6.44. The van der Waals surface area contributed by atoms with Gasteiger partial charge in [-0.3, -0.25) is 0 Å². The fourth-order valence-electron chi connectivity index (χ4n) is 4.62. The molecule has 186 valence electrons. The van der Waals surface area contributed by atoms with E-state index in [9.17, 15) is 0 Å². The van der Waals surface area contributed by atoms with Crippen molar-refractivity contribution in [1.29, 1.82) is 0 Å². The highest BCUT2D eigenvalue weighted by Gasteiger charge is 2.20. The van der Waals surface area contributed by atoms with E-state index in [0.29, 0.717) is 23.7 Å². The van der Waals surface area contributed by atoms with Gasteiger partial charge >= 0.3 is 0 Å². The van der Waals surface area contributed by atoms with Crippen LogP contribution in [0.15, 0.2) is 70.1 Å². The summed E-state index contributed by atoms with van der Waals surface area (Å²) >= 11 is 3.78. The minimum Gasteiger partial charge on any atom is -0.327 e. The lowest BCUT2D eigenvalue weighted by molar-refractivity contribution is 0.818. The monoisotopic (exact) mass is 532 g/mol. The maximum atomic E-state index is 5.24. The number of rotatable bonds is 9. The molecule has 0 spiro atoms. The summed E-state index contributed by atoms with van der Waals surface area (Å²) in [7, 11) is 0. The highest BCUT2D eigenvalue weighted by molar-refractivity contribution is 9.10. The zero-order valence-electron chi connectivity index (χ0n) is 22.6. The molecule has 0 unspecified atom stereocenters. The van der Waals surface area contributed by atoms with E-state index < -0.39 is 0 Å². The van der Waals surface area contributed by atoms with Crippen LogP contribution in [0.25, 0.3) is 0 Å². The number of hydrogen-bond donors (Lipinski definition) is 0. The number of halogens is 1. The highest BCUT2D eigenvalue weighted by Crippen LogP contribution is 2.38. The standard InChI is InChI=1S/C32H41BrN2/c1-21(2)26-14-11-15-27(22(3)4)31(26)34-20-35(19-25-13-9-10-18-30(25)33)32-28(23(5)6)16-12-17-29(32)24(7)8/h9-18,20-24H,19H2,1-8H3/b34-20+.